The third-order valence-electron chi connectivity index (χ3n) is 5.15. The first-order valence-electron chi connectivity index (χ1n) is 8.43. The minimum absolute atomic E-state index is 0.0705. The van der Waals surface area contributed by atoms with Crippen molar-refractivity contribution in [2.75, 3.05) is 6.54 Å². The van der Waals surface area contributed by atoms with Crippen LogP contribution in [-0.2, 0) is 6.42 Å². The Balaban J connectivity index is 1.63. The molecule has 4 rings (SSSR count). The van der Waals surface area contributed by atoms with E-state index in [4.69, 9.17) is 0 Å². The highest BCUT2D eigenvalue weighted by atomic mass is 32.1. The molecule has 23 heavy (non-hydrogen) atoms. The first-order chi connectivity index (χ1) is 11.2. The Morgan fingerprint density at radius 3 is 2.91 bits per heavy atom. The van der Waals surface area contributed by atoms with Crippen molar-refractivity contribution in [3.63, 3.8) is 0 Å². The summed E-state index contributed by atoms with van der Waals surface area (Å²) in [6, 6.07) is 9.08. The van der Waals surface area contributed by atoms with E-state index >= 15 is 0 Å². The summed E-state index contributed by atoms with van der Waals surface area (Å²) in [5.41, 5.74) is 2.92. The van der Waals surface area contributed by atoms with Crippen LogP contribution in [0.3, 0.4) is 0 Å². The Bertz CT molecular complexity index is 727. The fraction of sp³-hybridized carbons (Fsp3) is 0.500. The van der Waals surface area contributed by atoms with Crippen LogP contribution in [0.2, 0.25) is 0 Å². The standard InChI is InChI=1S/C18H21N3OS/c1-12-19-20-17(23-12)18(22)21-11-5-10-16(21)15-9-4-7-13-6-2-3-8-14(13)15/h2-3,6,8,15-16H,4-5,7,9-11H2,1H3/t15-,16-/m1/s1. The predicted octanol–water partition coefficient (Wildman–Crippen LogP) is 3.57. The lowest BCUT2D eigenvalue weighted by molar-refractivity contribution is 0.0709. The van der Waals surface area contributed by atoms with Crippen LogP contribution in [0.1, 0.15) is 57.5 Å². The molecule has 0 bridgehead atoms. The van der Waals surface area contributed by atoms with Crippen molar-refractivity contribution < 1.29 is 4.79 Å². The molecule has 1 fully saturated rings. The van der Waals surface area contributed by atoms with E-state index in [1.807, 2.05) is 6.92 Å². The molecule has 1 aliphatic heterocycles. The van der Waals surface area contributed by atoms with Gasteiger partial charge in [0.2, 0.25) is 5.01 Å². The van der Waals surface area contributed by atoms with E-state index in [-0.39, 0.29) is 5.91 Å². The molecule has 0 radical (unpaired) electrons. The van der Waals surface area contributed by atoms with Crippen molar-refractivity contribution in [1.82, 2.24) is 15.1 Å². The van der Waals surface area contributed by atoms with Crippen LogP contribution in [0, 0.1) is 6.92 Å². The zero-order valence-electron chi connectivity index (χ0n) is 13.4. The van der Waals surface area contributed by atoms with Gasteiger partial charge in [-0.3, -0.25) is 4.79 Å². The zero-order valence-corrected chi connectivity index (χ0v) is 14.2. The van der Waals surface area contributed by atoms with Gasteiger partial charge < -0.3 is 4.90 Å². The molecule has 0 N–H and O–H groups in total. The van der Waals surface area contributed by atoms with Crippen LogP contribution in [0.5, 0.6) is 0 Å². The summed E-state index contributed by atoms with van der Waals surface area (Å²) in [4.78, 5) is 14.9. The fourth-order valence-corrected chi connectivity index (χ4v) is 4.81. The summed E-state index contributed by atoms with van der Waals surface area (Å²) in [6.45, 7) is 2.74. The number of aryl methyl sites for hydroxylation is 2. The molecule has 2 heterocycles. The number of rotatable bonds is 2. The van der Waals surface area contributed by atoms with Gasteiger partial charge in [0.25, 0.3) is 5.91 Å². The lowest BCUT2D eigenvalue weighted by Gasteiger charge is -2.35. The Kier molecular flexibility index (Phi) is 3.89. The number of benzene rings is 1. The van der Waals surface area contributed by atoms with Crippen molar-refractivity contribution in [2.24, 2.45) is 0 Å². The minimum atomic E-state index is 0.0705. The Hall–Kier alpha value is -1.75. The average Bonchev–Trinajstić information content (AvgIpc) is 3.22. The zero-order chi connectivity index (χ0) is 15.8. The molecule has 2 atom stereocenters. The number of carbonyl (C=O) groups excluding carboxylic acids is 1. The molecule has 5 heteroatoms. The molecule has 0 saturated carbocycles. The summed E-state index contributed by atoms with van der Waals surface area (Å²) in [6.07, 6.45) is 5.76. The van der Waals surface area contributed by atoms with E-state index in [1.54, 1.807) is 0 Å². The number of hydrogen-bond donors (Lipinski definition) is 0. The molecule has 2 aliphatic rings. The van der Waals surface area contributed by atoms with Crippen molar-refractivity contribution in [3.8, 4) is 0 Å². The Morgan fingerprint density at radius 1 is 1.22 bits per heavy atom. The first-order valence-corrected chi connectivity index (χ1v) is 9.24. The van der Waals surface area contributed by atoms with Gasteiger partial charge in [0.1, 0.15) is 5.01 Å². The highest BCUT2D eigenvalue weighted by Gasteiger charge is 2.38. The summed E-state index contributed by atoms with van der Waals surface area (Å²) in [5.74, 6) is 0.543. The summed E-state index contributed by atoms with van der Waals surface area (Å²) in [5, 5.41) is 9.46. The highest BCUT2D eigenvalue weighted by molar-refractivity contribution is 7.13. The fourth-order valence-electron chi connectivity index (χ4n) is 4.16. The monoisotopic (exact) mass is 327 g/mol. The average molecular weight is 327 g/mol. The quantitative estimate of drug-likeness (QED) is 0.847. The van der Waals surface area contributed by atoms with Gasteiger partial charge in [-0.15, -0.1) is 10.2 Å². The van der Waals surface area contributed by atoms with E-state index in [0.29, 0.717) is 17.0 Å². The van der Waals surface area contributed by atoms with E-state index in [9.17, 15) is 4.79 Å². The van der Waals surface area contributed by atoms with Crippen LogP contribution in [0.4, 0.5) is 0 Å². The minimum Gasteiger partial charge on any atom is -0.333 e. The maximum Gasteiger partial charge on any atom is 0.285 e. The van der Waals surface area contributed by atoms with Crippen LogP contribution in [-0.4, -0.2) is 33.6 Å². The molecule has 1 aromatic carbocycles. The molecule has 1 aromatic heterocycles. The smallest absolute Gasteiger partial charge is 0.285 e. The molecule has 4 nitrogen and oxygen atoms in total. The van der Waals surface area contributed by atoms with Gasteiger partial charge in [-0.2, -0.15) is 0 Å². The van der Waals surface area contributed by atoms with E-state index in [1.165, 1.54) is 41.7 Å². The Labute approximate surface area is 140 Å². The molecular formula is C18H21N3OS. The molecule has 120 valence electrons. The molecular weight excluding hydrogens is 306 g/mol. The number of amides is 1. The van der Waals surface area contributed by atoms with Crippen LogP contribution >= 0.6 is 11.3 Å². The number of carbonyl (C=O) groups is 1. The number of fused-ring (bicyclic) bond motifs is 1. The second kappa shape index (κ2) is 6.04. The molecule has 1 aliphatic carbocycles. The molecule has 0 unspecified atom stereocenters. The van der Waals surface area contributed by atoms with Gasteiger partial charge in [0, 0.05) is 18.5 Å². The lowest BCUT2D eigenvalue weighted by atomic mass is 9.78. The number of likely N-dealkylation sites (tertiary alicyclic amines) is 1. The number of nitrogens with zero attached hydrogens (tertiary/aromatic N) is 3. The second-order valence-electron chi connectivity index (χ2n) is 6.53. The van der Waals surface area contributed by atoms with E-state index in [2.05, 4.69) is 39.4 Å². The molecule has 1 saturated heterocycles. The van der Waals surface area contributed by atoms with E-state index < -0.39 is 0 Å². The van der Waals surface area contributed by atoms with Gasteiger partial charge >= 0.3 is 0 Å². The van der Waals surface area contributed by atoms with Crippen LogP contribution < -0.4 is 0 Å². The third-order valence-corrected chi connectivity index (χ3v) is 5.98. The number of hydrogen-bond acceptors (Lipinski definition) is 4. The largest absolute Gasteiger partial charge is 0.333 e. The van der Waals surface area contributed by atoms with Crippen molar-refractivity contribution in [2.45, 2.75) is 51.0 Å². The first kappa shape index (κ1) is 14.8. The molecule has 2 aromatic rings. The van der Waals surface area contributed by atoms with Gasteiger partial charge in [0.05, 0.1) is 0 Å². The van der Waals surface area contributed by atoms with Gasteiger partial charge in [-0.25, -0.2) is 0 Å². The molecule has 1 amide bonds. The number of aromatic nitrogens is 2. The van der Waals surface area contributed by atoms with Crippen LogP contribution in [0.25, 0.3) is 0 Å². The normalized spacial score (nSPS) is 23.8. The topological polar surface area (TPSA) is 46.1 Å². The summed E-state index contributed by atoms with van der Waals surface area (Å²) >= 11 is 1.40. The van der Waals surface area contributed by atoms with Crippen molar-refractivity contribution in [1.29, 1.82) is 0 Å². The Morgan fingerprint density at radius 2 is 2.09 bits per heavy atom. The third kappa shape index (κ3) is 2.67. The second-order valence-corrected chi connectivity index (χ2v) is 7.71. The van der Waals surface area contributed by atoms with E-state index in [0.717, 1.165) is 24.4 Å². The van der Waals surface area contributed by atoms with Crippen LogP contribution in [0.15, 0.2) is 24.3 Å². The molecule has 0 spiro atoms. The van der Waals surface area contributed by atoms with Gasteiger partial charge in [-0.1, -0.05) is 35.6 Å². The predicted molar refractivity (Wildman–Crippen MR) is 90.8 cm³/mol. The maximum atomic E-state index is 12.9. The van der Waals surface area contributed by atoms with Crippen molar-refractivity contribution >= 4 is 17.2 Å². The van der Waals surface area contributed by atoms with Gasteiger partial charge in [0.15, 0.2) is 0 Å². The summed E-state index contributed by atoms with van der Waals surface area (Å²) < 4.78 is 0. The van der Waals surface area contributed by atoms with Crippen molar-refractivity contribution in [3.05, 3.63) is 45.4 Å². The van der Waals surface area contributed by atoms with Gasteiger partial charge in [-0.05, 0) is 50.2 Å². The lowest BCUT2D eigenvalue weighted by Crippen LogP contribution is -2.40. The highest BCUT2D eigenvalue weighted by Crippen LogP contribution is 2.40. The SMILES string of the molecule is Cc1nnc(C(=O)N2CCC[C@@H]2[C@@H]2CCCc3ccccc32)s1. The maximum absolute atomic E-state index is 12.9. The summed E-state index contributed by atoms with van der Waals surface area (Å²) in [7, 11) is 0.